The number of allylic oxidation sites excluding steroid dienone is 3. The van der Waals surface area contributed by atoms with Crippen molar-refractivity contribution < 1.29 is 14.3 Å². The Kier molecular flexibility index (Phi) is 8.37. The third kappa shape index (κ3) is 7.01. The number of anilines is 1. The molecule has 0 bridgehead atoms. The molecule has 0 unspecified atom stereocenters. The third-order valence-electron chi connectivity index (χ3n) is 5.48. The Morgan fingerprint density at radius 3 is 2.55 bits per heavy atom. The topological polar surface area (TPSA) is 150 Å². The Hall–Kier alpha value is -3.46. The lowest BCUT2D eigenvalue weighted by Crippen LogP contribution is -2.29. The van der Waals surface area contributed by atoms with Gasteiger partial charge in [0, 0.05) is 48.4 Å². The highest BCUT2D eigenvalue weighted by Crippen LogP contribution is 2.33. The molecular weight excluding hydrogens is 420 g/mol. The number of carbonyl (C=O) groups is 1. The van der Waals surface area contributed by atoms with Crippen molar-refractivity contribution in [1.82, 2.24) is 5.32 Å². The Balaban J connectivity index is 1.77. The molecule has 2 aliphatic rings. The summed E-state index contributed by atoms with van der Waals surface area (Å²) in [5.41, 5.74) is 21.4. The van der Waals surface area contributed by atoms with Gasteiger partial charge in [0.2, 0.25) is 5.91 Å². The van der Waals surface area contributed by atoms with Crippen LogP contribution in [0.2, 0.25) is 0 Å². The van der Waals surface area contributed by atoms with Gasteiger partial charge >= 0.3 is 0 Å². The zero-order chi connectivity index (χ0) is 23.8. The van der Waals surface area contributed by atoms with Crippen molar-refractivity contribution in [2.24, 2.45) is 28.1 Å². The minimum atomic E-state index is -0.0716. The van der Waals surface area contributed by atoms with Gasteiger partial charge in [0.25, 0.3) is 0 Å². The maximum atomic E-state index is 12.0. The number of rotatable bonds is 9. The average Bonchev–Trinajstić information content (AvgIpc) is 3.64. The van der Waals surface area contributed by atoms with Crippen molar-refractivity contribution in [3.05, 3.63) is 53.1 Å². The molecule has 8 N–H and O–H groups in total. The summed E-state index contributed by atoms with van der Waals surface area (Å²) in [5, 5.41) is 5.95. The summed E-state index contributed by atoms with van der Waals surface area (Å²) in [6.45, 7) is 3.22. The first-order valence-corrected chi connectivity index (χ1v) is 11.1. The van der Waals surface area contributed by atoms with Crippen LogP contribution < -0.4 is 32.6 Å². The Morgan fingerprint density at radius 1 is 1.18 bits per heavy atom. The van der Waals surface area contributed by atoms with Crippen LogP contribution >= 0.6 is 0 Å². The first kappa shape index (κ1) is 24.2. The maximum Gasteiger partial charge on any atom is 0.228 e. The molecule has 1 aliphatic carbocycles. The molecule has 0 atom stereocenters. The molecule has 9 nitrogen and oxygen atoms in total. The maximum absolute atomic E-state index is 12.0. The van der Waals surface area contributed by atoms with Gasteiger partial charge < -0.3 is 37.3 Å². The number of benzene rings is 1. The number of methoxy groups -OCH3 is 1. The zero-order valence-electron chi connectivity index (χ0n) is 19.3. The summed E-state index contributed by atoms with van der Waals surface area (Å²) in [7, 11) is 1.58. The van der Waals surface area contributed by atoms with E-state index in [1.165, 1.54) is 0 Å². The van der Waals surface area contributed by atoms with Crippen LogP contribution in [-0.2, 0) is 9.53 Å². The van der Waals surface area contributed by atoms with Gasteiger partial charge in [0.05, 0.1) is 24.5 Å². The molecule has 1 heterocycles. The molecule has 3 rings (SSSR count). The molecule has 1 aromatic carbocycles. The molecule has 178 valence electrons. The van der Waals surface area contributed by atoms with Crippen LogP contribution in [0.15, 0.2) is 52.6 Å². The molecule has 1 aromatic rings. The van der Waals surface area contributed by atoms with Crippen LogP contribution in [0.4, 0.5) is 5.69 Å². The van der Waals surface area contributed by atoms with Crippen molar-refractivity contribution >= 4 is 23.5 Å². The zero-order valence-corrected chi connectivity index (χ0v) is 19.3. The van der Waals surface area contributed by atoms with E-state index >= 15 is 0 Å². The summed E-state index contributed by atoms with van der Waals surface area (Å²) in [6.07, 6.45) is 8.74. The van der Waals surface area contributed by atoms with E-state index in [0.717, 1.165) is 38.9 Å². The lowest BCUT2D eigenvalue weighted by molar-refractivity contribution is -0.121. The molecule has 33 heavy (non-hydrogen) atoms. The van der Waals surface area contributed by atoms with Gasteiger partial charge in [0.15, 0.2) is 5.75 Å². The SMILES string of the molecule is COc1c(NC(/C=C(\N)NC(=O)C2CC2)=C(\C)N)cccc1/C(N)=C/C=NC1CCOCC1. The minimum absolute atomic E-state index is 0.0536. The van der Waals surface area contributed by atoms with Crippen LogP contribution in [0.3, 0.4) is 0 Å². The molecule has 1 saturated heterocycles. The lowest BCUT2D eigenvalue weighted by atomic mass is 10.1. The summed E-state index contributed by atoms with van der Waals surface area (Å²) in [6, 6.07) is 5.84. The molecule has 2 fully saturated rings. The average molecular weight is 455 g/mol. The number of ether oxygens (including phenoxy) is 2. The van der Waals surface area contributed by atoms with Gasteiger partial charge in [0.1, 0.15) is 5.82 Å². The highest BCUT2D eigenvalue weighted by atomic mass is 16.5. The van der Waals surface area contributed by atoms with E-state index in [4.69, 9.17) is 26.7 Å². The van der Waals surface area contributed by atoms with Crippen LogP contribution in [0.1, 0.15) is 38.2 Å². The first-order chi connectivity index (χ1) is 15.9. The Morgan fingerprint density at radius 2 is 1.91 bits per heavy atom. The molecule has 9 heteroatoms. The summed E-state index contributed by atoms with van der Waals surface area (Å²) < 4.78 is 11.0. The number of para-hydroxylation sites is 1. The molecule has 0 aromatic heterocycles. The second-order valence-electron chi connectivity index (χ2n) is 8.23. The number of carbonyl (C=O) groups excluding carboxylic acids is 1. The number of hydrogen-bond acceptors (Lipinski definition) is 8. The second kappa shape index (κ2) is 11.4. The predicted molar refractivity (Wildman–Crippen MR) is 131 cm³/mol. The fourth-order valence-electron chi connectivity index (χ4n) is 3.43. The van der Waals surface area contributed by atoms with Gasteiger partial charge in [-0.05, 0) is 50.8 Å². The van der Waals surface area contributed by atoms with Gasteiger partial charge in [-0.25, -0.2) is 0 Å². The van der Waals surface area contributed by atoms with Crippen LogP contribution in [0.5, 0.6) is 5.75 Å². The van der Waals surface area contributed by atoms with Gasteiger partial charge in [-0.3, -0.25) is 9.79 Å². The quantitative estimate of drug-likeness (QED) is 0.283. The van der Waals surface area contributed by atoms with Crippen LogP contribution in [0.25, 0.3) is 5.70 Å². The van der Waals surface area contributed by atoms with Gasteiger partial charge in [-0.15, -0.1) is 0 Å². The van der Waals surface area contributed by atoms with Crippen molar-refractivity contribution in [2.45, 2.75) is 38.6 Å². The molecule has 1 aliphatic heterocycles. The standard InChI is InChI=1S/C24H34N6O3/c1-15(25)21(14-22(27)30-24(31)16-6-7-16)29-20-5-3-4-18(23(20)32-2)19(26)8-11-28-17-9-12-33-13-10-17/h3-5,8,11,14,16-17,29H,6-7,9-10,12-13,25-27H2,1-2H3,(H,30,31)/b19-8-,21-15+,22-14+,28-11?. The number of nitrogens with two attached hydrogens (primary N) is 3. The Bertz CT molecular complexity index is 968. The fraction of sp³-hybridized carbons (Fsp3) is 0.417. The van der Waals surface area contributed by atoms with Crippen molar-refractivity contribution in [3.8, 4) is 5.75 Å². The number of amides is 1. The summed E-state index contributed by atoms with van der Waals surface area (Å²) in [5.74, 6) is 0.757. The van der Waals surface area contributed by atoms with Crippen molar-refractivity contribution in [1.29, 1.82) is 0 Å². The van der Waals surface area contributed by atoms with E-state index in [-0.39, 0.29) is 23.7 Å². The number of aliphatic imine (C=N–C) groups is 1. The van der Waals surface area contributed by atoms with Gasteiger partial charge in [-0.2, -0.15) is 0 Å². The smallest absolute Gasteiger partial charge is 0.228 e. The first-order valence-electron chi connectivity index (χ1n) is 11.1. The normalized spacial score (nSPS) is 18.7. The molecule has 0 radical (unpaired) electrons. The molecular formula is C24H34N6O3. The number of hydrogen-bond donors (Lipinski definition) is 5. The van der Waals surface area contributed by atoms with E-state index in [9.17, 15) is 4.79 Å². The highest BCUT2D eigenvalue weighted by molar-refractivity contribution is 5.87. The summed E-state index contributed by atoms with van der Waals surface area (Å²) >= 11 is 0. The Labute approximate surface area is 194 Å². The fourth-order valence-corrected chi connectivity index (χ4v) is 3.43. The van der Waals surface area contributed by atoms with E-state index in [1.807, 2.05) is 18.2 Å². The number of nitrogens with one attached hydrogen (secondary N) is 2. The van der Waals surface area contributed by atoms with Crippen LogP contribution in [-0.4, -0.2) is 38.5 Å². The van der Waals surface area contributed by atoms with Crippen molar-refractivity contribution in [2.75, 3.05) is 25.6 Å². The molecule has 0 spiro atoms. The third-order valence-corrected chi connectivity index (χ3v) is 5.48. The van der Waals surface area contributed by atoms with Crippen molar-refractivity contribution in [3.63, 3.8) is 0 Å². The minimum Gasteiger partial charge on any atom is -0.494 e. The monoisotopic (exact) mass is 454 g/mol. The van der Waals surface area contributed by atoms with Crippen LogP contribution in [0, 0.1) is 5.92 Å². The van der Waals surface area contributed by atoms with E-state index in [1.54, 1.807) is 32.4 Å². The van der Waals surface area contributed by atoms with Gasteiger partial charge in [-0.1, -0.05) is 6.07 Å². The second-order valence-corrected chi connectivity index (χ2v) is 8.23. The van der Waals surface area contributed by atoms with E-state index in [2.05, 4.69) is 15.6 Å². The number of nitrogens with zero attached hydrogens (tertiary/aromatic N) is 1. The lowest BCUT2D eigenvalue weighted by Gasteiger charge is -2.18. The summed E-state index contributed by atoms with van der Waals surface area (Å²) in [4.78, 5) is 16.5. The predicted octanol–water partition coefficient (Wildman–Crippen LogP) is 2.17. The molecule has 1 saturated carbocycles. The highest BCUT2D eigenvalue weighted by Gasteiger charge is 2.29. The van der Waals surface area contributed by atoms with E-state index < -0.39 is 0 Å². The molecule has 1 amide bonds. The van der Waals surface area contributed by atoms with E-state index in [0.29, 0.717) is 34.1 Å². The largest absolute Gasteiger partial charge is 0.494 e.